The molecule has 106 valence electrons. The van der Waals surface area contributed by atoms with Crippen LogP contribution in [0.15, 0.2) is 34.2 Å². The van der Waals surface area contributed by atoms with E-state index in [2.05, 4.69) is 10.2 Å². The minimum absolute atomic E-state index is 0.169. The lowest BCUT2D eigenvalue weighted by Gasteiger charge is -2.10. The molecule has 6 nitrogen and oxygen atoms in total. The average molecular weight is 292 g/mol. The second-order valence-electron chi connectivity index (χ2n) is 4.91. The van der Waals surface area contributed by atoms with E-state index >= 15 is 0 Å². The second kappa shape index (κ2) is 5.34. The molecule has 7 heteroatoms. The predicted octanol–water partition coefficient (Wildman–Crippen LogP) is 1.31. The minimum atomic E-state index is -0.611. The van der Waals surface area contributed by atoms with Crippen molar-refractivity contribution >= 4 is 17.4 Å². The molecule has 0 saturated heterocycles. The Balaban J connectivity index is 1.67. The summed E-state index contributed by atoms with van der Waals surface area (Å²) in [4.78, 5) is 11.6. The number of aromatic nitrogens is 3. The van der Waals surface area contributed by atoms with Crippen molar-refractivity contribution in [3.8, 4) is 0 Å². The number of aromatic amines is 1. The Bertz CT molecular complexity index is 645. The van der Waals surface area contributed by atoms with E-state index in [4.69, 9.17) is 5.73 Å². The molecule has 0 aliphatic heterocycles. The maximum atomic E-state index is 11.6. The highest BCUT2D eigenvalue weighted by molar-refractivity contribution is 7.99. The quantitative estimate of drug-likeness (QED) is 0.570. The molecule has 1 aromatic heterocycles. The summed E-state index contributed by atoms with van der Waals surface area (Å²) in [5.74, 6) is 0.445. The molecule has 1 unspecified atom stereocenters. The highest BCUT2D eigenvalue weighted by Gasteiger charge is 2.28. The lowest BCUT2D eigenvalue weighted by atomic mass is 10.1. The van der Waals surface area contributed by atoms with E-state index in [0.717, 1.165) is 18.4 Å². The van der Waals surface area contributed by atoms with Crippen LogP contribution in [0.1, 0.15) is 30.6 Å². The molecule has 0 bridgehead atoms. The Morgan fingerprint density at radius 3 is 2.80 bits per heavy atom. The summed E-state index contributed by atoms with van der Waals surface area (Å²) in [5.41, 5.74) is 6.92. The van der Waals surface area contributed by atoms with E-state index in [1.165, 1.54) is 11.8 Å². The third-order valence-corrected chi connectivity index (χ3v) is 4.30. The Hall–Kier alpha value is -1.73. The Morgan fingerprint density at radius 2 is 2.15 bits per heavy atom. The molecular formula is C13H16N4O2S. The van der Waals surface area contributed by atoms with Crippen molar-refractivity contribution < 1.29 is 5.11 Å². The van der Waals surface area contributed by atoms with E-state index in [9.17, 15) is 9.90 Å². The van der Waals surface area contributed by atoms with E-state index in [1.807, 2.05) is 0 Å². The maximum absolute atomic E-state index is 11.6. The van der Waals surface area contributed by atoms with Gasteiger partial charge in [-0.15, -0.1) is 5.10 Å². The van der Waals surface area contributed by atoms with Crippen LogP contribution in [0.5, 0.6) is 0 Å². The number of hydrogen-bond donors (Lipinski definition) is 3. The molecule has 2 aromatic rings. The molecule has 20 heavy (non-hydrogen) atoms. The zero-order valence-electron chi connectivity index (χ0n) is 10.8. The Labute approximate surface area is 120 Å². The molecule has 4 N–H and O–H groups in total. The van der Waals surface area contributed by atoms with Crippen LogP contribution in [-0.4, -0.2) is 25.6 Å². The number of H-pyrrole nitrogens is 1. The van der Waals surface area contributed by atoms with Crippen molar-refractivity contribution in [1.82, 2.24) is 14.8 Å². The van der Waals surface area contributed by atoms with Gasteiger partial charge in [0.25, 0.3) is 0 Å². The number of aliphatic hydroxyl groups excluding tert-OH is 1. The molecule has 0 spiro atoms. The first-order chi connectivity index (χ1) is 9.65. The number of hydrogen-bond acceptors (Lipinski definition) is 5. The number of nitrogens with one attached hydrogen (secondary N) is 1. The van der Waals surface area contributed by atoms with Gasteiger partial charge in [0.2, 0.25) is 0 Å². The first-order valence-corrected chi connectivity index (χ1v) is 7.47. The fraction of sp³-hybridized carbons (Fsp3) is 0.385. The smallest absolute Gasteiger partial charge is 0.344 e. The molecule has 0 amide bonds. The first-order valence-electron chi connectivity index (χ1n) is 6.48. The topological polar surface area (TPSA) is 96.9 Å². The van der Waals surface area contributed by atoms with Gasteiger partial charge < -0.3 is 10.8 Å². The molecule has 1 saturated carbocycles. The lowest BCUT2D eigenvalue weighted by molar-refractivity contribution is 0.204. The van der Waals surface area contributed by atoms with Crippen LogP contribution >= 0.6 is 11.8 Å². The molecule has 1 aromatic carbocycles. The van der Waals surface area contributed by atoms with Gasteiger partial charge in [0.15, 0.2) is 5.16 Å². The first kappa shape index (κ1) is 13.3. The number of anilines is 1. The molecule has 0 radical (unpaired) electrons. The predicted molar refractivity (Wildman–Crippen MR) is 77.7 cm³/mol. The number of benzene rings is 1. The third kappa shape index (κ3) is 2.73. The molecule has 3 rings (SSSR count). The van der Waals surface area contributed by atoms with Crippen molar-refractivity contribution in [2.75, 3.05) is 11.5 Å². The van der Waals surface area contributed by atoms with E-state index in [-0.39, 0.29) is 11.7 Å². The fourth-order valence-corrected chi connectivity index (χ4v) is 3.00. The number of thioether (sulfide) groups is 1. The molecular weight excluding hydrogens is 276 g/mol. The highest BCUT2D eigenvalue weighted by Crippen LogP contribution is 2.36. The second-order valence-corrected chi connectivity index (χ2v) is 5.89. The van der Waals surface area contributed by atoms with Crippen LogP contribution in [0.2, 0.25) is 0 Å². The lowest BCUT2D eigenvalue weighted by Crippen LogP contribution is -2.16. The highest BCUT2D eigenvalue weighted by atomic mass is 32.2. The van der Waals surface area contributed by atoms with E-state index in [0.29, 0.717) is 16.6 Å². The van der Waals surface area contributed by atoms with Gasteiger partial charge in [0.05, 0.1) is 6.10 Å². The summed E-state index contributed by atoms with van der Waals surface area (Å²) in [7, 11) is 0. The largest absolute Gasteiger partial charge is 0.399 e. The van der Waals surface area contributed by atoms with Crippen LogP contribution in [0.25, 0.3) is 0 Å². The van der Waals surface area contributed by atoms with Crippen LogP contribution in [-0.2, 0) is 0 Å². The van der Waals surface area contributed by atoms with Gasteiger partial charge in [0, 0.05) is 17.5 Å². The monoisotopic (exact) mass is 292 g/mol. The third-order valence-electron chi connectivity index (χ3n) is 3.28. The van der Waals surface area contributed by atoms with Gasteiger partial charge in [0.1, 0.15) is 0 Å². The zero-order valence-corrected chi connectivity index (χ0v) is 11.6. The molecule has 1 aliphatic carbocycles. The average Bonchev–Trinajstić information content (AvgIpc) is 3.21. The number of nitrogen functional groups attached to an aromatic ring is 1. The van der Waals surface area contributed by atoms with Crippen molar-refractivity contribution in [3.63, 3.8) is 0 Å². The van der Waals surface area contributed by atoms with Crippen LogP contribution < -0.4 is 11.4 Å². The Kier molecular flexibility index (Phi) is 3.54. The normalized spacial score (nSPS) is 16.2. The minimum Gasteiger partial charge on any atom is -0.399 e. The summed E-state index contributed by atoms with van der Waals surface area (Å²) in [6.07, 6.45) is 1.43. The number of rotatable bonds is 5. The zero-order chi connectivity index (χ0) is 14.1. The van der Waals surface area contributed by atoms with Gasteiger partial charge in [-0.05, 0) is 30.5 Å². The van der Waals surface area contributed by atoms with E-state index in [1.54, 1.807) is 28.8 Å². The van der Waals surface area contributed by atoms with Gasteiger partial charge in [-0.3, -0.25) is 4.57 Å². The molecule has 1 fully saturated rings. The number of aliphatic hydroxyl groups is 1. The number of nitrogens with zero attached hydrogens (tertiary/aromatic N) is 2. The van der Waals surface area contributed by atoms with Gasteiger partial charge in [-0.1, -0.05) is 23.9 Å². The summed E-state index contributed by atoms with van der Waals surface area (Å²) in [6, 6.07) is 7.41. The van der Waals surface area contributed by atoms with Crippen molar-refractivity contribution in [1.29, 1.82) is 0 Å². The molecule has 1 aliphatic rings. The molecule has 1 heterocycles. The maximum Gasteiger partial charge on any atom is 0.344 e. The number of nitrogens with two attached hydrogens (primary N) is 1. The molecule has 1 atom stereocenters. The van der Waals surface area contributed by atoms with Gasteiger partial charge >= 0.3 is 5.69 Å². The summed E-state index contributed by atoms with van der Waals surface area (Å²) >= 11 is 1.38. The summed E-state index contributed by atoms with van der Waals surface area (Å²) in [6.45, 7) is 0. The van der Waals surface area contributed by atoms with Crippen molar-refractivity contribution in [3.05, 3.63) is 40.3 Å². The SMILES string of the molecule is Nc1ccc(C(O)CSc2n[nH]c(=O)n2C2CC2)cc1. The summed E-state index contributed by atoms with van der Waals surface area (Å²) in [5, 5.41) is 17.3. The van der Waals surface area contributed by atoms with Crippen LogP contribution in [0.3, 0.4) is 0 Å². The van der Waals surface area contributed by atoms with Gasteiger partial charge in [-0.2, -0.15) is 0 Å². The van der Waals surface area contributed by atoms with Crippen molar-refractivity contribution in [2.45, 2.75) is 30.1 Å². The standard InChI is InChI=1S/C13H16N4O2S/c14-9-3-1-8(2-4-9)11(18)7-20-13-16-15-12(19)17(13)10-5-6-10/h1-4,10-11,18H,5-7,14H2,(H,15,19). The van der Waals surface area contributed by atoms with Gasteiger partial charge in [-0.25, -0.2) is 9.89 Å². The fourth-order valence-electron chi connectivity index (χ4n) is 2.01. The van der Waals surface area contributed by atoms with E-state index < -0.39 is 6.10 Å². The van der Waals surface area contributed by atoms with Crippen molar-refractivity contribution in [2.24, 2.45) is 0 Å². The van der Waals surface area contributed by atoms with Crippen LogP contribution in [0.4, 0.5) is 5.69 Å². The van der Waals surface area contributed by atoms with Crippen LogP contribution in [0, 0.1) is 0 Å². The Morgan fingerprint density at radius 1 is 1.45 bits per heavy atom. The summed E-state index contributed by atoms with van der Waals surface area (Å²) < 4.78 is 1.68.